The van der Waals surface area contributed by atoms with Crippen molar-refractivity contribution in [3.8, 4) is 0 Å². The van der Waals surface area contributed by atoms with E-state index in [0.29, 0.717) is 5.02 Å². The molecule has 0 saturated carbocycles. The summed E-state index contributed by atoms with van der Waals surface area (Å²) in [7, 11) is 0. The molecule has 0 amide bonds. The first-order valence-corrected chi connectivity index (χ1v) is 6.57. The third-order valence-corrected chi connectivity index (χ3v) is 4.01. The Morgan fingerprint density at radius 2 is 2.29 bits per heavy atom. The maximum Gasteiger partial charge on any atom is 0.0844 e. The summed E-state index contributed by atoms with van der Waals surface area (Å²) < 4.78 is 5.62. The molecule has 1 fully saturated rings. The maximum absolute atomic E-state index is 10.4. The van der Waals surface area contributed by atoms with E-state index >= 15 is 0 Å². The predicted molar refractivity (Wildman–Crippen MR) is 69.3 cm³/mol. The third-order valence-electron chi connectivity index (χ3n) is 3.61. The first-order valence-electron chi connectivity index (χ1n) is 6.19. The Kier molecular flexibility index (Phi) is 4.08. The van der Waals surface area contributed by atoms with Crippen molar-refractivity contribution in [3.05, 3.63) is 34.3 Å². The van der Waals surface area contributed by atoms with Crippen LogP contribution in [0.2, 0.25) is 5.02 Å². The molecule has 1 aromatic carbocycles. The highest BCUT2D eigenvalue weighted by Gasteiger charge is 2.33. The Labute approximate surface area is 108 Å². The van der Waals surface area contributed by atoms with Crippen LogP contribution in [0.1, 0.15) is 37.0 Å². The summed E-state index contributed by atoms with van der Waals surface area (Å²) in [6.45, 7) is 4.81. The highest BCUT2D eigenvalue weighted by Crippen LogP contribution is 2.35. The third kappa shape index (κ3) is 2.65. The Morgan fingerprint density at radius 3 is 2.94 bits per heavy atom. The first-order chi connectivity index (χ1) is 8.13. The Balaban J connectivity index is 2.18. The number of ether oxygens (including phenoxy) is 1. The molecule has 1 aliphatic rings. The van der Waals surface area contributed by atoms with Gasteiger partial charge in [0.1, 0.15) is 0 Å². The minimum atomic E-state index is -0.472. The van der Waals surface area contributed by atoms with Gasteiger partial charge in [-0.2, -0.15) is 0 Å². The molecule has 0 bridgehead atoms. The van der Waals surface area contributed by atoms with Crippen molar-refractivity contribution in [2.24, 2.45) is 5.92 Å². The average molecular weight is 255 g/mol. The van der Waals surface area contributed by atoms with Gasteiger partial charge < -0.3 is 9.84 Å². The van der Waals surface area contributed by atoms with Gasteiger partial charge in [-0.15, -0.1) is 0 Å². The lowest BCUT2D eigenvalue weighted by molar-refractivity contribution is 0.0307. The topological polar surface area (TPSA) is 29.5 Å². The number of hydrogen-bond donors (Lipinski definition) is 1. The standard InChI is InChI=1S/C14H19ClO2/c1-3-13-11(6-7-17-13)14(16)10-5-4-9(2)12(15)8-10/h4-5,8,11,13-14,16H,3,6-7H2,1-2H3. The molecule has 17 heavy (non-hydrogen) atoms. The van der Waals surface area contributed by atoms with Gasteiger partial charge in [0.25, 0.3) is 0 Å². The van der Waals surface area contributed by atoms with Gasteiger partial charge in [-0.1, -0.05) is 30.7 Å². The molecule has 2 nitrogen and oxygen atoms in total. The molecular weight excluding hydrogens is 236 g/mol. The lowest BCUT2D eigenvalue weighted by atomic mass is 9.89. The van der Waals surface area contributed by atoms with Gasteiger partial charge in [0.15, 0.2) is 0 Å². The van der Waals surface area contributed by atoms with E-state index in [0.717, 1.165) is 30.6 Å². The molecule has 1 aliphatic heterocycles. The molecule has 0 spiro atoms. The van der Waals surface area contributed by atoms with Gasteiger partial charge in [0, 0.05) is 17.5 Å². The quantitative estimate of drug-likeness (QED) is 0.895. The number of aliphatic hydroxyl groups is 1. The molecule has 1 saturated heterocycles. The summed E-state index contributed by atoms with van der Waals surface area (Å²) in [5, 5.41) is 11.1. The maximum atomic E-state index is 10.4. The molecular formula is C14H19ClO2. The van der Waals surface area contributed by atoms with Gasteiger partial charge in [-0.25, -0.2) is 0 Å². The van der Waals surface area contributed by atoms with Crippen molar-refractivity contribution in [1.29, 1.82) is 0 Å². The smallest absolute Gasteiger partial charge is 0.0844 e. The Bertz CT molecular complexity index is 392. The van der Waals surface area contributed by atoms with E-state index < -0.39 is 6.10 Å². The summed E-state index contributed by atoms with van der Waals surface area (Å²) >= 11 is 6.09. The summed E-state index contributed by atoms with van der Waals surface area (Å²) in [4.78, 5) is 0. The van der Waals surface area contributed by atoms with E-state index in [4.69, 9.17) is 16.3 Å². The number of rotatable bonds is 3. The molecule has 0 aliphatic carbocycles. The van der Waals surface area contributed by atoms with Crippen LogP contribution in [0.5, 0.6) is 0 Å². The van der Waals surface area contributed by atoms with Crippen LogP contribution in [-0.4, -0.2) is 17.8 Å². The van der Waals surface area contributed by atoms with Crippen LogP contribution in [0, 0.1) is 12.8 Å². The Hall–Kier alpha value is -0.570. The molecule has 3 heteroatoms. The van der Waals surface area contributed by atoms with E-state index in [1.54, 1.807) is 0 Å². The number of halogens is 1. The fraction of sp³-hybridized carbons (Fsp3) is 0.571. The first kappa shape index (κ1) is 12.9. The van der Waals surface area contributed by atoms with Crippen LogP contribution >= 0.6 is 11.6 Å². The monoisotopic (exact) mass is 254 g/mol. The van der Waals surface area contributed by atoms with Crippen LogP contribution in [0.25, 0.3) is 0 Å². The summed E-state index contributed by atoms with van der Waals surface area (Å²) in [5.74, 6) is 0.193. The van der Waals surface area contributed by atoms with E-state index in [1.165, 1.54) is 0 Å². The average Bonchev–Trinajstić information content (AvgIpc) is 2.80. The largest absolute Gasteiger partial charge is 0.388 e. The van der Waals surface area contributed by atoms with Gasteiger partial charge in [-0.3, -0.25) is 0 Å². The fourth-order valence-electron chi connectivity index (χ4n) is 2.49. The number of benzene rings is 1. The van der Waals surface area contributed by atoms with E-state index in [1.807, 2.05) is 25.1 Å². The second kappa shape index (κ2) is 5.38. The van der Waals surface area contributed by atoms with Crippen LogP contribution < -0.4 is 0 Å². The van der Waals surface area contributed by atoms with E-state index in [-0.39, 0.29) is 12.0 Å². The lowest BCUT2D eigenvalue weighted by Gasteiger charge is -2.23. The van der Waals surface area contributed by atoms with Crippen molar-refractivity contribution < 1.29 is 9.84 Å². The zero-order valence-corrected chi connectivity index (χ0v) is 11.1. The number of aliphatic hydroxyl groups excluding tert-OH is 1. The van der Waals surface area contributed by atoms with E-state index in [2.05, 4.69) is 6.92 Å². The number of hydrogen-bond acceptors (Lipinski definition) is 2. The number of aryl methyl sites for hydroxylation is 1. The minimum Gasteiger partial charge on any atom is -0.388 e. The second-order valence-electron chi connectivity index (χ2n) is 4.72. The molecule has 3 atom stereocenters. The molecule has 1 N–H and O–H groups in total. The van der Waals surface area contributed by atoms with Crippen molar-refractivity contribution in [1.82, 2.24) is 0 Å². The molecule has 1 aromatic rings. The Morgan fingerprint density at radius 1 is 1.53 bits per heavy atom. The van der Waals surface area contributed by atoms with Crippen molar-refractivity contribution in [3.63, 3.8) is 0 Å². The zero-order valence-electron chi connectivity index (χ0n) is 10.3. The lowest BCUT2D eigenvalue weighted by Crippen LogP contribution is -2.22. The van der Waals surface area contributed by atoms with Gasteiger partial charge >= 0.3 is 0 Å². The van der Waals surface area contributed by atoms with Crippen LogP contribution in [0.3, 0.4) is 0 Å². The van der Waals surface area contributed by atoms with Crippen molar-refractivity contribution >= 4 is 11.6 Å². The van der Waals surface area contributed by atoms with Gasteiger partial charge in [0.2, 0.25) is 0 Å². The minimum absolute atomic E-state index is 0.171. The molecule has 94 valence electrons. The molecule has 3 unspecified atom stereocenters. The second-order valence-corrected chi connectivity index (χ2v) is 5.13. The fourth-order valence-corrected chi connectivity index (χ4v) is 2.68. The van der Waals surface area contributed by atoms with Crippen molar-refractivity contribution in [2.45, 2.75) is 38.9 Å². The van der Waals surface area contributed by atoms with Crippen LogP contribution in [0.4, 0.5) is 0 Å². The zero-order chi connectivity index (χ0) is 12.4. The van der Waals surface area contributed by atoms with Crippen molar-refractivity contribution in [2.75, 3.05) is 6.61 Å². The highest BCUT2D eigenvalue weighted by molar-refractivity contribution is 6.31. The molecule has 2 rings (SSSR count). The molecule has 0 radical (unpaired) electrons. The van der Waals surface area contributed by atoms with E-state index in [9.17, 15) is 5.11 Å². The molecule has 1 heterocycles. The summed E-state index contributed by atoms with van der Waals surface area (Å²) in [6.07, 6.45) is 1.57. The summed E-state index contributed by atoms with van der Waals surface area (Å²) in [5.41, 5.74) is 1.94. The van der Waals surface area contributed by atoms with Crippen LogP contribution in [0.15, 0.2) is 18.2 Å². The van der Waals surface area contributed by atoms with Gasteiger partial charge in [-0.05, 0) is 37.0 Å². The SMILES string of the molecule is CCC1OCCC1C(O)c1ccc(C)c(Cl)c1. The summed E-state index contributed by atoms with van der Waals surface area (Å²) in [6, 6.07) is 5.78. The van der Waals surface area contributed by atoms with Gasteiger partial charge in [0.05, 0.1) is 12.2 Å². The normalized spacial score (nSPS) is 26.1. The van der Waals surface area contributed by atoms with Crippen LogP contribution in [-0.2, 0) is 4.74 Å². The predicted octanol–water partition coefficient (Wildman–Crippen LogP) is 3.50. The highest BCUT2D eigenvalue weighted by atomic mass is 35.5. The molecule has 0 aromatic heterocycles.